The van der Waals surface area contributed by atoms with Gasteiger partial charge in [-0.15, -0.1) is 4.98 Å². The van der Waals surface area contributed by atoms with Gasteiger partial charge >= 0.3 is 144 Å². The first kappa shape index (κ1) is 88.3. The second kappa shape index (κ2) is 25.8. The zero-order valence-electron chi connectivity index (χ0n) is 50.0. The molecule has 0 saturated carbocycles. The van der Waals surface area contributed by atoms with Gasteiger partial charge in [-0.2, -0.15) is 231 Å². The van der Waals surface area contributed by atoms with E-state index in [1.807, 2.05) is 0 Å². The lowest BCUT2D eigenvalue weighted by atomic mass is 9.95. The van der Waals surface area contributed by atoms with Gasteiger partial charge in [0, 0.05) is 60.5 Å². The van der Waals surface area contributed by atoms with Crippen molar-refractivity contribution >= 4 is 33.4 Å². The second-order valence-electron chi connectivity index (χ2n) is 22.1. The lowest BCUT2D eigenvalue weighted by Crippen LogP contribution is -2.71. The SMILES string of the molecule is FC(F)(F)C(F)(F)C(F)(F)C(F)(F)C(F)(F)c1cc2ccc(-c3nc(-c4ccc5cc(C(F)(F)C(F)(F)C(F)(F)C(F)(F)C(F)(F)F)ncc5c4)nc(N4CCN(c5nc(OC(F)(F)C(F)(F)C(F)(F)C(F)(F)C(F)(F)C(F)(F)F)nc(OC(F)(F)C(F)(F)C(F)(F)C(F)(F)C(F)(F)C(F)(F)F)n5)CC4)n3)cc2cn1. The predicted molar refractivity (Wildman–Crippen MR) is 258 cm³/mol. The first-order chi connectivity index (χ1) is 48.7. The average molecular weight is 1700 g/mol. The lowest BCUT2D eigenvalue weighted by Gasteiger charge is -2.39. The number of fused-ring (bicyclic) bond motifs is 2. The molecule has 616 valence electrons. The van der Waals surface area contributed by atoms with E-state index in [4.69, 9.17) is 0 Å². The minimum atomic E-state index is -8.90. The molecule has 0 spiro atoms. The fraction of sp³-hybridized carbons (Fsp3) is 0.520. The minimum absolute atomic E-state index is 0.0535. The molecular weight excluding hydrogens is 1680 g/mol. The highest BCUT2D eigenvalue weighted by Gasteiger charge is 2.95. The number of piperazine rings is 1. The van der Waals surface area contributed by atoms with Gasteiger partial charge in [0.1, 0.15) is 11.4 Å². The van der Waals surface area contributed by atoms with Crippen LogP contribution in [0, 0.1) is 0 Å². The Kier molecular flexibility index (Phi) is 20.7. The van der Waals surface area contributed by atoms with Crippen molar-refractivity contribution in [3.8, 4) is 34.8 Å². The van der Waals surface area contributed by atoms with Crippen molar-refractivity contribution in [1.82, 2.24) is 39.9 Å². The number of rotatable bonds is 24. The molecule has 1 fully saturated rings. The maximum atomic E-state index is 15.1. The summed E-state index contributed by atoms with van der Waals surface area (Å²) >= 11 is 0. The molecule has 7 rings (SSSR count). The number of hydrogen-bond acceptors (Lipinski definition) is 12. The molecule has 6 aromatic rings. The van der Waals surface area contributed by atoms with E-state index in [-0.39, 0.29) is 29.4 Å². The van der Waals surface area contributed by atoms with Gasteiger partial charge in [-0.1, -0.05) is 24.3 Å². The summed E-state index contributed by atoms with van der Waals surface area (Å²) in [7, 11) is 0. The van der Waals surface area contributed by atoms with Crippen LogP contribution in [0.2, 0.25) is 0 Å². The van der Waals surface area contributed by atoms with Crippen molar-refractivity contribution < 1.29 is 220 Å². The molecule has 0 N–H and O–H groups in total. The number of halogens is 48. The molecule has 12 nitrogen and oxygen atoms in total. The monoisotopic (exact) mass is 1700 g/mol. The van der Waals surface area contributed by atoms with Crippen LogP contribution >= 0.6 is 0 Å². The Morgan fingerprint density at radius 3 is 0.755 bits per heavy atom. The normalized spacial score (nSPS) is 16.2. The Balaban J connectivity index is 1.36. The summed E-state index contributed by atoms with van der Waals surface area (Å²) in [5.41, 5.74) is -6.85. The zero-order valence-corrected chi connectivity index (χ0v) is 50.0. The van der Waals surface area contributed by atoms with E-state index in [2.05, 4.69) is 44.4 Å². The van der Waals surface area contributed by atoms with Gasteiger partial charge in [-0.25, -0.2) is 4.98 Å². The maximum absolute atomic E-state index is 15.1. The number of benzene rings is 2. The third kappa shape index (κ3) is 13.2. The van der Waals surface area contributed by atoms with E-state index in [0.717, 1.165) is 0 Å². The van der Waals surface area contributed by atoms with E-state index >= 15 is 35.1 Å². The summed E-state index contributed by atoms with van der Waals surface area (Å²) in [5, 5.41) is -3.56. The van der Waals surface area contributed by atoms with Crippen molar-refractivity contribution in [3.63, 3.8) is 0 Å². The molecule has 0 amide bonds. The molecule has 2 aromatic carbocycles. The highest BCUT2D eigenvalue weighted by atomic mass is 19.5. The molecular formula is C50H18F48N10O2. The molecule has 60 heteroatoms. The Morgan fingerprint density at radius 1 is 0.245 bits per heavy atom. The lowest BCUT2D eigenvalue weighted by molar-refractivity contribution is -0.457. The minimum Gasteiger partial charge on any atom is -0.393 e. The van der Waals surface area contributed by atoms with Crippen LogP contribution in [0.4, 0.5) is 223 Å². The van der Waals surface area contributed by atoms with Crippen LogP contribution in [0.3, 0.4) is 0 Å². The maximum Gasteiger partial charge on any atom is 0.473 e. The van der Waals surface area contributed by atoms with Crippen LogP contribution in [0.15, 0.2) is 60.9 Å². The van der Waals surface area contributed by atoms with Crippen LogP contribution in [0.25, 0.3) is 44.3 Å². The predicted octanol–water partition coefficient (Wildman–Crippen LogP) is 19.1. The molecule has 5 heterocycles. The third-order valence-electron chi connectivity index (χ3n) is 15.0. The van der Waals surface area contributed by atoms with Gasteiger partial charge in [-0.05, 0) is 35.0 Å². The van der Waals surface area contributed by atoms with Gasteiger partial charge in [0.15, 0.2) is 11.6 Å². The van der Waals surface area contributed by atoms with Gasteiger partial charge in [0.25, 0.3) is 0 Å². The highest BCUT2D eigenvalue weighted by molar-refractivity contribution is 5.88. The van der Waals surface area contributed by atoms with E-state index in [0.29, 0.717) is 41.3 Å². The number of anilines is 2. The van der Waals surface area contributed by atoms with Gasteiger partial charge in [-0.3, -0.25) is 9.97 Å². The highest BCUT2D eigenvalue weighted by Crippen LogP contribution is 2.65. The Morgan fingerprint density at radius 2 is 0.491 bits per heavy atom. The summed E-state index contributed by atoms with van der Waals surface area (Å²) in [6.45, 7) is -5.40. The fourth-order valence-corrected chi connectivity index (χ4v) is 8.67. The molecule has 0 aliphatic carbocycles. The van der Waals surface area contributed by atoms with Gasteiger partial charge < -0.3 is 19.3 Å². The second-order valence-corrected chi connectivity index (χ2v) is 22.1. The van der Waals surface area contributed by atoms with Crippen LogP contribution < -0.4 is 19.3 Å². The number of alkyl halides is 48. The van der Waals surface area contributed by atoms with E-state index in [1.54, 1.807) is 4.98 Å². The van der Waals surface area contributed by atoms with Gasteiger partial charge in [0.05, 0.1) is 0 Å². The van der Waals surface area contributed by atoms with E-state index < -0.39 is 237 Å². The number of ether oxygens (including phenoxy) is 2. The molecule has 0 atom stereocenters. The third-order valence-corrected chi connectivity index (χ3v) is 15.0. The topological polar surface area (TPSA) is 128 Å². The molecule has 110 heavy (non-hydrogen) atoms. The van der Waals surface area contributed by atoms with E-state index in [9.17, 15) is 176 Å². The Bertz CT molecular complexity index is 4170. The number of aromatic nitrogens is 8. The Labute approximate surface area is 568 Å². The molecule has 1 aliphatic rings. The van der Waals surface area contributed by atoms with Crippen molar-refractivity contribution in [3.05, 3.63) is 72.3 Å². The molecule has 0 bridgehead atoms. The summed E-state index contributed by atoms with van der Waals surface area (Å²) in [4.78, 5) is 24.3. The number of hydrogen-bond donors (Lipinski definition) is 0. The first-order valence-corrected chi connectivity index (χ1v) is 27.0. The molecule has 0 unspecified atom stereocenters. The average Bonchev–Trinajstić information content (AvgIpc) is 0.710. The fourth-order valence-electron chi connectivity index (χ4n) is 8.67. The van der Waals surface area contributed by atoms with Crippen molar-refractivity contribution in [2.24, 2.45) is 0 Å². The summed E-state index contributed by atoms with van der Waals surface area (Å²) in [5.74, 6) is -136. The largest absolute Gasteiger partial charge is 0.473 e. The molecule has 4 aromatic heterocycles. The van der Waals surface area contributed by atoms with Crippen LogP contribution in [-0.2, 0) is 11.8 Å². The van der Waals surface area contributed by atoms with Crippen molar-refractivity contribution in [2.75, 3.05) is 36.0 Å². The zero-order chi connectivity index (χ0) is 85.2. The molecule has 1 saturated heterocycles. The van der Waals surface area contributed by atoms with Crippen molar-refractivity contribution in [2.45, 2.75) is 132 Å². The standard InChI is InChI=1S/C50H18F48N10O2/c51-29(52,31(55,56)33(59,60)39(71,72)45(83,84)85)21-11-15-1-3-17(9-19(15)13-99-21)23-101-24(18-4-2-16-12-22(100-14-20(16)10-18)30(53,54)32(57,58)34(61,62)40(73,74)46(86,87)88)103-25(102-23)107-5-7-108(8-6-107)26-104-27(109-49(95,96)43(79,80)37(67,68)35(63,64)41(75,76)47(89,90)91)106-28(105-26)110-50(97,98)44(81,82)38(69,70)36(65,66)42(77,78)48(92,93)94/h1-4,9-14H,5-8H2. The summed E-state index contributed by atoms with van der Waals surface area (Å²) in [6.07, 6.45) is -47.8. The van der Waals surface area contributed by atoms with Crippen LogP contribution in [0.5, 0.6) is 12.0 Å². The van der Waals surface area contributed by atoms with Crippen LogP contribution in [0.1, 0.15) is 11.4 Å². The first-order valence-electron chi connectivity index (χ1n) is 27.0. The number of nitrogens with zero attached hydrogens (tertiary/aromatic N) is 10. The molecule has 0 radical (unpaired) electrons. The Hall–Kier alpha value is -8.88. The smallest absolute Gasteiger partial charge is 0.393 e. The van der Waals surface area contributed by atoms with Crippen LogP contribution in [-0.4, -0.2) is 186 Å². The summed E-state index contributed by atoms with van der Waals surface area (Å²) < 4.78 is 676. The van der Waals surface area contributed by atoms with Gasteiger partial charge in [0.2, 0.25) is 11.9 Å². The quantitative estimate of drug-likeness (QED) is 0.0535. The molecule has 1 aliphatic heterocycles. The van der Waals surface area contributed by atoms with Crippen molar-refractivity contribution in [1.29, 1.82) is 0 Å². The number of pyridine rings is 2. The van der Waals surface area contributed by atoms with E-state index in [1.165, 1.54) is 0 Å². The summed E-state index contributed by atoms with van der Waals surface area (Å²) in [6, 6.07) is -4.78.